The van der Waals surface area contributed by atoms with Gasteiger partial charge in [-0.3, -0.25) is 9.48 Å². The molecule has 134 valence electrons. The number of hydrogen-bond donors (Lipinski definition) is 2. The zero-order chi connectivity index (χ0) is 16.4. The third-order valence-corrected chi connectivity index (χ3v) is 4.89. The Labute approximate surface area is 154 Å². The number of rotatable bonds is 6. The lowest BCUT2D eigenvalue weighted by atomic mass is 10.1. The number of hydrogen-bond acceptors (Lipinski definition) is 3. The highest BCUT2D eigenvalue weighted by atomic mass is 35.5. The molecule has 0 spiro atoms. The Morgan fingerprint density at radius 1 is 1.28 bits per heavy atom. The van der Waals surface area contributed by atoms with Gasteiger partial charge in [0, 0.05) is 43.9 Å². The van der Waals surface area contributed by atoms with E-state index in [1.807, 2.05) is 18.2 Å². The number of halogens is 1. The molecule has 4 rings (SSSR count). The first kappa shape index (κ1) is 18.0. The minimum atomic E-state index is -0.0413. The molecule has 25 heavy (non-hydrogen) atoms. The molecule has 0 bridgehead atoms. The van der Waals surface area contributed by atoms with Gasteiger partial charge in [-0.2, -0.15) is 5.10 Å². The van der Waals surface area contributed by atoms with Gasteiger partial charge in [0.15, 0.2) is 5.69 Å². The monoisotopic (exact) mass is 360 g/mol. The fourth-order valence-corrected chi connectivity index (χ4v) is 3.35. The fourth-order valence-electron chi connectivity index (χ4n) is 3.35. The molecule has 2 heterocycles. The summed E-state index contributed by atoms with van der Waals surface area (Å²) in [5.74, 6) is 0.721. The summed E-state index contributed by atoms with van der Waals surface area (Å²) in [6, 6.07) is 10.2. The van der Waals surface area contributed by atoms with Crippen molar-refractivity contribution in [2.45, 2.75) is 38.8 Å². The summed E-state index contributed by atoms with van der Waals surface area (Å²) in [5.41, 5.74) is 4.21. The lowest BCUT2D eigenvalue weighted by Gasteiger charge is -2.15. The molecule has 6 heteroatoms. The molecule has 0 radical (unpaired) electrons. The minimum absolute atomic E-state index is 0. The Morgan fingerprint density at radius 2 is 2.08 bits per heavy atom. The first-order chi connectivity index (χ1) is 11.8. The molecule has 1 aliphatic heterocycles. The van der Waals surface area contributed by atoms with Gasteiger partial charge >= 0.3 is 0 Å². The second-order valence-electron chi connectivity index (χ2n) is 6.82. The van der Waals surface area contributed by atoms with Crippen LogP contribution in [0.25, 0.3) is 0 Å². The summed E-state index contributed by atoms with van der Waals surface area (Å²) >= 11 is 0. The van der Waals surface area contributed by atoms with Gasteiger partial charge in [0.2, 0.25) is 0 Å². The number of nitrogens with one attached hydrogen (secondary N) is 2. The van der Waals surface area contributed by atoms with E-state index in [0.717, 1.165) is 44.0 Å². The lowest BCUT2D eigenvalue weighted by molar-refractivity contribution is 0.0947. The molecule has 1 aliphatic carbocycles. The van der Waals surface area contributed by atoms with E-state index in [0.29, 0.717) is 12.2 Å². The van der Waals surface area contributed by atoms with Gasteiger partial charge in [-0.15, -0.1) is 12.4 Å². The number of amides is 1. The van der Waals surface area contributed by atoms with E-state index in [1.165, 1.54) is 24.1 Å². The van der Waals surface area contributed by atoms with Crippen LogP contribution in [0.1, 0.15) is 40.2 Å². The van der Waals surface area contributed by atoms with E-state index in [4.69, 9.17) is 0 Å². The number of aromatic nitrogens is 2. The summed E-state index contributed by atoms with van der Waals surface area (Å²) in [5, 5.41) is 11.1. The Hall–Kier alpha value is -1.85. The van der Waals surface area contributed by atoms with Crippen molar-refractivity contribution < 1.29 is 4.79 Å². The quantitative estimate of drug-likeness (QED) is 0.831. The number of carbonyl (C=O) groups excluding carboxylic acids is 1. The van der Waals surface area contributed by atoms with Crippen molar-refractivity contribution in [3.63, 3.8) is 0 Å². The van der Waals surface area contributed by atoms with Crippen LogP contribution >= 0.6 is 12.4 Å². The maximum atomic E-state index is 12.6. The van der Waals surface area contributed by atoms with Crippen molar-refractivity contribution in [2.75, 3.05) is 13.1 Å². The van der Waals surface area contributed by atoms with Gasteiger partial charge in [-0.05, 0) is 30.7 Å². The smallest absolute Gasteiger partial charge is 0.272 e. The highest BCUT2D eigenvalue weighted by molar-refractivity contribution is 5.94. The fraction of sp³-hybridized carbons (Fsp3) is 0.474. The van der Waals surface area contributed by atoms with E-state index in [9.17, 15) is 4.79 Å². The zero-order valence-electron chi connectivity index (χ0n) is 14.3. The largest absolute Gasteiger partial charge is 0.350 e. The standard InChI is InChI=1S/C19H24N4O.ClH/c24-19(21-11-8-14-4-2-1-3-5-14)18-16-12-20-10-9-17(16)23(22-18)13-15-6-7-15;/h1-5,15,20H,6-13H2,(H,21,24);1H. The summed E-state index contributed by atoms with van der Waals surface area (Å²) in [6.45, 7) is 3.33. The van der Waals surface area contributed by atoms with Crippen LogP contribution < -0.4 is 10.6 Å². The second-order valence-corrected chi connectivity index (χ2v) is 6.82. The molecule has 1 aromatic carbocycles. The molecular weight excluding hydrogens is 336 g/mol. The van der Waals surface area contributed by atoms with E-state index in [2.05, 4.69) is 32.5 Å². The highest BCUT2D eigenvalue weighted by Crippen LogP contribution is 2.32. The predicted molar refractivity (Wildman–Crippen MR) is 100 cm³/mol. The van der Waals surface area contributed by atoms with Crippen molar-refractivity contribution in [3.8, 4) is 0 Å². The molecular formula is C19H25ClN4O. The Kier molecular flexibility index (Phi) is 5.76. The zero-order valence-corrected chi connectivity index (χ0v) is 15.1. The van der Waals surface area contributed by atoms with Gasteiger partial charge in [0.05, 0.1) is 0 Å². The predicted octanol–water partition coefficient (Wildman–Crippen LogP) is 2.33. The SMILES string of the molecule is Cl.O=C(NCCc1ccccc1)c1nn(CC2CC2)c2c1CNCC2. The topological polar surface area (TPSA) is 59.0 Å². The van der Waals surface area contributed by atoms with Crippen molar-refractivity contribution >= 4 is 18.3 Å². The van der Waals surface area contributed by atoms with Gasteiger partial charge in [0.1, 0.15) is 0 Å². The van der Waals surface area contributed by atoms with Crippen LogP contribution in [-0.2, 0) is 25.9 Å². The van der Waals surface area contributed by atoms with Crippen LogP contribution in [0.15, 0.2) is 30.3 Å². The molecule has 0 saturated heterocycles. The summed E-state index contributed by atoms with van der Waals surface area (Å²) in [4.78, 5) is 12.6. The summed E-state index contributed by atoms with van der Waals surface area (Å²) < 4.78 is 2.10. The summed E-state index contributed by atoms with van der Waals surface area (Å²) in [7, 11) is 0. The second kappa shape index (κ2) is 8.02. The number of nitrogens with zero attached hydrogens (tertiary/aromatic N) is 2. The van der Waals surface area contributed by atoms with E-state index < -0.39 is 0 Å². The van der Waals surface area contributed by atoms with Crippen LogP contribution in [-0.4, -0.2) is 28.8 Å². The first-order valence-electron chi connectivity index (χ1n) is 8.92. The maximum absolute atomic E-state index is 12.6. The van der Waals surface area contributed by atoms with Crippen molar-refractivity contribution in [1.29, 1.82) is 0 Å². The number of fused-ring (bicyclic) bond motifs is 1. The molecule has 2 aliphatic rings. The molecule has 1 aromatic heterocycles. The van der Waals surface area contributed by atoms with Crippen LogP contribution in [0.3, 0.4) is 0 Å². The maximum Gasteiger partial charge on any atom is 0.272 e. The molecule has 2 aromatic rings. The molecule has 0 atom stereocenters. The van der Waals surface area contributed by atoms with Crippen LogP contribution in [0.2, 0.25) is 0 Å². The molecule has 1 amide bonds. The van der Waals surface area contributed by atoms with E-state index in [-0.39, 0.29) is 18.3 Å². The Bertz CT molecular complexity index is 725. The van der Waals surface area contributed by atoms with Crippen molar-refractivity contribution in [3.05, 3.63) is 52.8 Å². The number of carbonyl (C=O) groups is 1. The molecule has 1 saturated carbocycles. The first-order valence-corrected chi connectivity index (χ1v) is 8.92. The van der Waals surface area contributed by atoms with Gasteiger partial charge in [-0.1, -0.05) is 30.3 Å². The average molecular weight is 361 g/mol. The van der Waals surface area contributed by atoms with Crippen LogP contribution in [0.4, 0.5) is 0 Å². The van der Waals surface area contributed by atoms with Gasteiger partial charge in [-0.25, -0.2) is 0 Å². The molecule has 1 fully saturated rings. The lowest BCUT2D eigenvalue weighted by Crippen LogP contribution is -2.29. The Balaban J connectivity index is 0.00000182. The van der Waals surface area contributed by atoms with Crippen molar-refractivity contribution in [1.82, 2.24) is 20.4 Å². The average Bonchev–Trinajstić information content (AvgIpc) is 3.36. The van der Waals surface area contributed by atoms with E-state index >= 15 is 0 Å². The van der Waals surface area contributed by atoms with E-state index in [1.54, 1.807) is 0 Å². The highest BCUT2D eigenvalue weighted by Gasteiger charge is 2.28. The van der Waals surface area contributed by atoms with Crippen LogP contribution in [0, 0.1) is 5.92 Å². The van der Waals surface area contributed by atoms with Gasteiger partial charge in [0.25, 0.3) is 5.91 Å². The molecule has 2 N–H and O–H groups in total. The molecule has 0 unspecified atom stereocenters. The van der Waals surface area contributed by atoms with Crippen molar-refractivity contribution in [2.24, 2.45) is 5.92 Å². The normalized spacial score (nSPS) is 16.0. The third-order valence-electron chi connectivity index (χ3n) is 4.89. The molecule has 5 nitrogen and oxygen atoms in total. The number of benzene rings is 1. The Morgan fingerprint density at radius 3 is 2.84 bits per heavy atom. The summed E-state index contributed by atoms with van der Waals surface area (Å²) in [6.07, 6.45) is 4.40. The van der Waals surface area contributed by atoms with Crippen LogP contribution in [0.5, 0.6) is 0 Å². The third kappa shape index (κ3) is 4.22. The minimum Gasteiger partial charge on any atom is -0.350 e. The van der Waals surface area contributed by atoms with Gasteiger partial charge < -0.3 is 10.6 Å².